The molecule has 2 amide bonds. The number of likely N-dealkylation sites (tertiary alicyclic amines) is 1. The Labute approximate surface area is 183 Å². The minimum atomic E-state index is 0.00228. The Morgan fingerprint density at radius 1 is 1.17 bits per heavy atom. The van der Waals surface area contributed by atoms with Crippen LogP contribution >= 0.6 is 11.8 Å². The van der Waals surface area contributed by atoms with Crippen molar-refractivity contribution in [1.29, 1.82) is 0 Å². The number of aromatic nitrogens is 1. The summed E-state index contributed by atoms with van der Waals surface area (Å²) in [6.45, 7) is 2.75. The van der Waals surface area contributed by atoms with Gasteiger partial charge < -0.3 is 15.1 Å². The van der Waals surface area contributed by atoms with Gasteiger partial charge in [-0.05, 0) is 62.8 Å². The van der Waals surface area contributed by atoms with E-state index in [0.717, 1.165) is 30.0 Å². The SMILES string of the molecule is CN(C)CCNC(=O)C1CCN(C(=O)c2ccc(SCc3cccnc3)cc2)CC1. The van der Waals surface area contributed by atoms with Gasteiger partial charge in [0, 0.05) is 60.7 Å². The first-order chi connectivity index (χ1) is 14.5. The van der Waals surface area contributed by atoms with Gasteiger partial charge in [-0.3, -0.25) is 14.6 Å². The number of nitrogens with zero attached hydrogens (tertiary/aromatic N) is 3. The van der Waals surface area contributed by atoms with Gasteiger partial charge in [-0.1, -0.05) is 6.07 Å². The van der Waals surface area contributed by atoms with E-state index in [0.29, 0.717) is 25.2 Å². The minimum Gasteiger partial charge on any atom is -0.355 e. The molecule has 2 aromatic rings. The molecule has 1 N–H and O–H groups in total. The van der Waals surface area contributed by atoms with Crippen molar-refractivity contribution in [1.82, 2.24) is 20.1 Å². The molecular weight excluding hydrogens is 396 g/mol. The van der Waals surface area contributed by atoms with Crippen LogP contribution in [-0.2, 0) is 10.5 Å². The van der Waals surface area contributed by atoms with Gasteiger partial charge >= 0.3 is 0 Å². The maximum absolute atomic E-state index is 12.8. The Balaban J connectivity index is 1.45. The normalized spacial score (nSPS) is 14.7. The van der Waals surface area contributed by atoms with Crippen LogP contribution in [0.25, 0.3) is 0 Å². The summed E-state index contributed by atoms with van der Waals surface area (Å²) in [7, 11) is 3.98. The summed E-state index contributed by atoms with van der Waals surface area (Å²) in [5.74, 6) is 1.01. The largest absolute Gasteiger partial charge is 0.355 e. The molecule has 6 nitrogen and oxygen atoms in total. The molecule has 0 radical (unpaired) electrons. The van der Waals surface area contributed by atoms with E-state index in [4.69, 9.17) is 0 Å². The van der Waals surface area contributed by atoms with Crippen LogP contribution in [-0.4, -0.2) is 66.9 Å². The number of benzene rings is 1. The lowest BCUT2D eigenvalue weighted by Crippen LogP contribution is -2.44. The Bertz CT molecular complexity index is 819. The monoisotopic (exact) mass is 426 g/mol. The third-order valence-electron chi connectivity index (χ3n) is 5.24. The van der Waals surface area contributed by atoms with Gasteiger partial charge in [0.2, 0.25) is 5.91 Å². The number of amides is 2. The van der Waals surface area contributed by atoms with Crippen molar-refractivity contribution in [2.75, 3.05) is 40.3 Å². The highest BCUT2D eigenvalue weighted by atomic mass is 32.2. The van der Waals surface area contributed by atoms with Gasteiger partial charge in [0.1, 0.15) is 0 Å². The summed E-state index contributed by atoms with van der Waals surface area (Å²) in [4.78, 5) is 34.3. The van der Waals surface area contributed by atoms with Crippen molar-refractivity contribution >= 4 is 23.6 Å². The van der Waals surface area contributed by atoms with Crippen molar-refractivity contribution in [2.45, 2.75) is 23.5 Å². The van der Waals surface area contributed by atoms with E-state index in [1.807, 2.05) is 60.4 Å². The molecule has 1 aromatic carbocycles. The second-order valence-electron chi connectivity index (χ2n) is 7.84. The lowest BCUT2D eigenvalue weighted by atomic mass is 9.95. The number of piperidine rings is 1. The molecule has 0 bridgehead atoms. The van der Waals surface area contributed by atoms with Gasteiger partial charge in [0.25, 0.3) is 5.91 Å². The van der Waals surface area contributed by atoms with Crippen LogP contribution < -0.4 is 5.32 Å². The molecule has 0 unspecified atom stereocenters. The van der Waals surface area contributed by atoms with Crippen molar-refractivity contribution in [3.8, 4) is 0 Å². The molecule has 1 saturated heterocycles. The van der Waals surface area contributed by atoms with Crippen LogP contribution in [0.15, 0.2) is 53.7 Å². The second kappa shape index (κ2) is 11.1. The maximum atomic E-state index is 12.8. The number of nitrogens with one attached hydrogen (secondary N) is 1. The molecular formula is C23H30N4O2S. The van der Waals surface area contributed by atoms with E-state index >= 15 is 0 Å². The Hall–Kier alpha value is -2.38. The average Bonchev–Trinajstić information content (AvgIpc) is 2.78. The number of pyridine rings is 1. The van der Waals surface area contributed by atoms with Crippen LogP contribution in [0, 0.1) is 5.92 Å². The lowest BCUT2D eigenvalue weighted by Gasteiger charge is -2.31. The summed E-state index contributed by atoms with van der Waals surface area (Å²) in [6, 6.07) is 11.8. The van der Waals surface area contributed by atoms with Gasteiger partial charge in [0.15, 0.2) is 0 Å². The second-order valence-corrected chi connectivity index (χ2v) is 8.88. The fourth-order valence-corrected chi connectivity index (χ4v) is 4.25. The molecule has 1 aromatic heterocycles. The summed E-state index contributed by atoms with van der Waals surface area (Å²) >= 11 is 1.73. The quantitative estimate of drug-likeness (QED) is 0.658. The molecule has 160 valence electrons. The van der Waals surface area contributed by atoms with Crippen molar-refractivity contribution in [3.05, 3.63) is 59.9 Å². The number of thioether (sulfide) groups is 1. The van der Waals surface area contributed by atoms with E-state index in [1.165, 1.54) is 5.56 Å². The number of likely N-dealkylation sites (N-methyl/N-ethyl adjacent to an activating group) is 1. The first-order valence-electron chi connectivity index (χ1n) is 10.4. The molecule has 2 heterocycles. The zero-order valence-corrected chi connectivity index (χ0v) is 18.5. The fourth-order valence-electron chi connectivity index (χ4n) is 3.42. The van der Waals surface area contributed by atoms with E-state index in [1.54, 1.807) is 18.0 Å². The number of hydrogen-bond donors (Lipinski definition) is 1. The van der Waals surface area contributed by atoms with Crippen LogP contribution in [0.2, 0.25) is 0 Å². The molecule has 1 aliphatic heterocycles. The molecule has 0 saturated carbocycles. The van der Waals surface area contributed by atoms with Crippen molar-refractivity contribution < 1.29 is 9.59 Å². The zero-order chi connectivity index (χ0) is 21.3. The van der Waals surface area contributed by atoms with Gasteiger partial charge in [0.05, 0.1) is 0 Å². The minimum absolute atomic E-state index is 0.00228. The van der Waals surface area contributed by atoms with Crippen molar-refractivity contribution in [2.24, 2.45) is 5.92 Å². The predicted molar refractivity (Wildman–Crippen MR) is 120 cm³/mol. The Morgan fingerprint density at radius 3 is 2.53 bits per heavy atom. The van der Waals surface area contributed by atoms with Crippen LogP contribution in [0.4, 0.5) is 0 Å². The van der Waals surface area contributed by atoms with E-state index in [-0.39, 0.29) is 17.7 Å². The first-order valence-corrected chi connectivity index (χ1v) is 11.3. The Kier molecular flexibility index (Phi) is 8.28. The summed E-state index contributed by atoms with van der Waals surface area (Å²) in [6.07, 6.45) is 5.09. The molecule has 30 heavy (non-hydrogen) atoms. The lowest BCUT2D eigenvalue weighted by molar-refractivity contribution is -0.126. The van der Waals surface area contributed by atoms with Crippen LogP contribution in [0.1, 0.15) is 28.8 Å². The van der Waals surface area contributed by atoms with Crippen LogP contribution in [0.5, 0.6) is 0 Å². The third-order valence-corrected chi connectivity index (χ3v) is 6.32. The van der Waals surface area contributed by atoms with Crippen LogP contribution in [0.3, 0.4) is 0 Å². The Morgan fingerprint density at radius 2 is 1.90 bits per heavy atom. The standard InChI is InChI=1S/C23H30N4O2S/c1-26(2)15-12-25-22(28)19-9-13-27(14-10-19)23(29)20-5-7-21(8-6-20)30-17-18-4-3-11-24-16-18/h3-8,11,16,19H,9-10,12-15,17H2,1-2H3,(H,25,28). The smallest absolute Gasteiger partial charge is 0.253 e. The molecule has 7 heteroatoms. The fraction of sp³-hybridized carbons (Fsp3) is 0.435. The number of carbonyl (C=O) groups is 2. The zero-order valence-electron chi connectivity index (χ0n) is 17.7. The number of hydrogen-bond acceptors (Lipinski definition) is 5. The summed E-state index contributed by atoms with van der Waals surface area (Å²) < 4.78 is 0. The topological polar surface area (TPSA) is 65.5 Å². The van der Waals surface area contributed by atoms with Gasteiger partial charge in [-0.2, -0.15) is 0 Å². The molecule has 1 aliphatic rings. The van der Waals surface area contributed by atoms with Gasteiger partial charge in [-0.15, -0.1) is 11.8 Å². The summed E-state index contributed by atoms with van der Waals surface area (Å²) in [5.41, 5.74) is 1.88. The van der Waals surface area contributed by atoms with E-state index in [2.05, 4.69) is 16.4 Å². The van der Waals surface area contributed by atoms with E-state index in [9.17, 15) is 9.59 Å². The summed E-state index contributed by atoms with van der Waals surface area (Å²) in [5, 5.41) is 3.00. The van der Waals surface area contributed by atoms with Gasteiger partial charge in [-0.25, -0.2) is 0 Å². The predicted octanol–water partition coefficient (Wildman–Crippen LogP) is 2.90. The third kappa shape index (κ3) is 6.57. The first kappa shape index (κ1) is 22.3. The number of rotatable bonds is 8. The molecule has 0 aliphatic carbocycles. The molecule has 1 fully saturated rings. The molecule has 3 rings (SSSR count). The van der Waals surface area contributed by atoms with E-state index < -0.39 is 0 Å². The maximum Gasteiger partial charge on any atom is 0.253 e. The highest BCUT2D eigenvalue weighted by Gasteiger charge is 2.27. The average molecular weight is 427 g/mol. The molecule has 0 spiro atoms. The number of carbonyl (C=O) groups excluding carboxylic acids is 2. The highest BCUT2D eigenvalue weighted by Crippen LogP contribution is 2.24. The molecule has 0 atom stereocenters. The highest BCUT2D eigenvalue weighted by molar-refractivity contribution is 7.98. The van der Waals surface area contributed by atoms with Crippen molar-refractivity contribution in [3.63, 3.8) is 0 Å².